The highest BCUT2D eigenvalue weighted by Crippen LogP contribution is 2.17. The third-order valence-electron chi connectivity index (χ3n) is 2.49. The van der Waals surface area contributed by atoms with E-state index in [4.69, 9.17) is 0 Å². The molecule has 2 nitrogen and oxygen atoms in total. The zero-order valence-corrected chi connectivity index (χ0v) is 7.47. The average Bonchev–Trinajstić information content (AvgIpc) is 2.40. The molecule has 0 aromatic carbocycles. The maximum Gasteiger partial charge on any atom is 0.222 e. The highest BCUT2D eigenvalue weighted by atomic mass is 16.2. The Morgan fingerprint density at radius 2 is 2.09 bits per heavy atom. The number of carbonyl (C=O) groups excluding carboxylic acids is 1. The van der Waals surface area contributed by atoms with Crippen LogP contribution in [0.1, 0.15) is 39.5 Å². The molecule has 0 radical (unpaired) electrons. The molecule has 0 aliphatic carbocycles. The molecule has 11 heavy (non-hydrogen) atoms. The minimum Gasteiger partial charge on any atom is -0.340 e. The predicted octanol–water partition coefficient (Wildman–Crippen LogP) is 1.80. The predicted molar refractivity (Wildman–Crippen MR) is 45.3 cm³/mol. The number of carbonyl (C=O) groups is 1. The van der Waals surface area contributed by atoms with Crippen molar-refractivity contribution in [1.29, 1.82) is 0 Å². The lowest BCUT2D eigenvalue weighted by Crippen LogP contribution is -2.35. The van der Waals surface area contributed by atoms with E-state index < -0.39 is 0 Å². The summed E-state index contributed by atoms with van der Waals surface area (Å²) in [6.45, 7) is 5.30. The first kappa shape index (κ1) is 8.57. The fourth-order valence-corrected chi connectivity index (χ4v) is 1.78. The molecule has 0 unspecified atom stereocenters. The van der Waals surface area contributed by atoms with Gasteiger partial charge in [-0.05, 0) is 19.3 Å². The molecule has 0 N–H and O–H groups in total. The van der Waals surface area contributed by atoms with Gasteiger partial charge in [0.1, 0.15) is 0 Å². The van der Waals surface area contributed by atoms with Gasteiger partial charge < -0.3 is 4.90 Å². The summed E-state index contributed by atoms with van der Waals surface area (Å²) in [5.74, 6) is 0.360. The lowest BCUT2D eigenvalue weighted by atomic mass is 10.1. The molecular formula is C9H17NO. The summed E-state index contributed by atoms with van der Waals surface area (Å²) in [6.07, 6.45) is 4.04. The second kappa shape index (κ2) is 3.74. The Morgan fingerprint density at radius 3 is 2.45 bits per heavy atom. The highest BCUT2D eigenvalue weighted by Gasteiger charge is 2.25. The Hall–Kier alpha value is -0.530. The molecule has 1 heterocycles. The van der Waals surface area contributed by atoms with Crippen LogP contribution in [-0.4, -0.2) is 23.4 Å². The normalized spacial score (nSPS) is 18.5. The molecule has 1 rings (SSSR count). The van der Waals surface area contributed by atoms with Crippen molar-refractivity contribution < 1.29 is 4.79 Å². The molecule has 0 bridgehead atoms. The third-order valence-corrected chi connectivity index (χ3v) is 2.49. The molecule has 0 atom stereocenters. The van der Waals surface area contributed by atoms with Gasteiger partial charge in [0, 0.05) is 19.0 Å². The van der Waals surface area contributed by atoms with E-state index in [1.54, 1.807) is 0 Å². The SMILES string of the molecule is CCC(CC)N1CCCC1=O. The minimum atomic E-state index is 0.360. The Morgan fingerprint density at radius 1 is 1.45 bits per heavy atom. The topological polar surface area (TPSA) is 20.3 Å². The van der Waals surface area contributed by atoms with Crippen LogP contribution in [0.5, 0.6) is 0 Å². The van der Waals surface area contributed by atoms with E-state index in [2.05, 4.69) is 13.8 Å². The van der Waals surface area contributed by atoms with Gasteiger partial charge >= 0.3 is 0 Å². The maximum atomic E-state index is 11.3. The van der Waals surface area contributed by atoms with Gasteiger partial charge in [-0.2, -0.15) is 0 Å². The Kier molecular flexibility index (Phi) is 2.92. The second-order valence-electron chi connectivity index (χ2n) is 3.16. The van der Waals surface area contributed by atoms with Gasteiger partial charge in [-0.3, -0.25) is 4.79 Å². The van der Waals surface area contributed by atoms with Crippen molar-refractivity contribution >= 4 is 5.91 Å². The molecule has 0 aromatic heterocycles. The van der Waals surface area contributed by atoms with E-state index >= 15 is 0 Å². The van der Waals surface area contributed by atoms with Crippen molar-refractivity contribution in [2.24, 2.45) is 0 Å². The summed E-state index contributed by atoms with van der Waals surface area (Å²) < 4.78 is 0. The monoisotopic (exact) mass is 155 g/mol. The van der Waals surface area contributed by atoms with Gasteiger partial charge in [0.2, 0.25) is 5.91 Å². The standard InChI is InChI=1S/C9H17NO/c1-3-8(4-2)10-7-5-6-9(10)11/h8H,3-7H2,1-2H3. The second-order valence-corrected chi connectivity index (χ2v) is 3.16. The van der Waals surface area contributed by atoms with Crippen LogP contribution in [0.15, 0.2) is 0 Å². The number of amides is 1. The summed E-state index contributed by atoms with van der Waals surface area (Å²) >= 11 is 0. The van der Waals surface area contributed by atoms with Crippen LogP contribution < -0.4 is 0 Å². The van der Waals surface area contributed by atoms with E-state index in [0.29, 0.717) is 11.9 Å². The summed E-state index contributed by atoms with van der Waals surface area (Å²) in [5.41, 5.74) is 0. The summed E-state index contributed by atoms with van der Waals surface area (Å²) in [7, 11) is 0. The maximum absolute atomic E-state index is 11.3. The zero-order chi connectivity index (χ0) is 8.27. The molecule has 1 fully saturated rings. The fraction of sp³-hybridized carbons (Fsp3) is 0.889. The average molecular weight is 155 g/mol. The number of rotatable bonds is 3. The summed E-state index contributed by atoms with van der Waals surface area (Å²) in [5, 5.41) is 0. The van der Waals surface area contributed by atoms with Crippen LogP contribution in [0.4, 0.5) is 0 Å². The summed E-state index contributed by atoms with van der Waals surface area (Å²) in [4.78, 5) is 13.3. The first-order valence-electron chi connectivity index (χ1n) is 4.59. The molecule has 1 saturated heterocycles. The first-order valence-corrected chi connectivity index (χ1v) is 4.59. The van der Waals surface area contributed by atoms with Crippen LogP contribution >= 0.6 is 0 Å². The van der Waals surface area contributed by atoms with Gasteiger partial charge in [0.25, 0.3) is 0 Å². The Balaban J connectivity index is 2.49. The quantitative estimate of drug-likeness (QED) is 0.608. The van der Waals surface area contributed by atoms with Crippen molar-refractivity contribution in [2.45, 2.75) is 45.6 Å². The Bertz CT molecular complexity index is 140. The first-order chi connectivity index (χ1) is 5.29. The lowest BCUT2D eigenvalue weighted by Gasteiger charge is -2.25. The molecule has 1 aliphatic heterocycles. The van der Waals surface area contributed by atoms with Crippen LogP contribution in [-0.2, 0) is 4.79 Å². The number of hydrogen-bond donors (Lipinski definition) is 0. The molecule has 1 amide bonds. The summed E-state index contributed by atoms with van der Waals surface area (Å²) in [6, 6.07) is 0.505. The number of nitrogens with zero attached hydrogens (tertiary/aromatic N) is 1. The lowest BCUT2D eigenvalue weighted by molar-refractivity contribution is -0.129. The van der Waals surface area contributed by atoms with Gasteiger partial charge in [0.05, 0.1) is 0 Å². The minimum absolute atomic E-state index is 0.360. The fourth-order valence-electron chi connectivity index (χ4n) is 1.78. The molecule has 1 aliphatic rings. The van der Waals surface area contributed by atoms with E-state index in [1.165, 1.54) is 0 Å². The largest absolute Gasteiger partial charge is 0.340 e. The van der Waals surface area contributed by atoms with E-state index in [9.17, 15) is 4.79 Å². The van der Waals surface area contributed by atoms with Gasteiger partial charge in [-0.15, -0.1) is 0 Å². The van der Waals surface area contributed by atoms with Crippen molar-refractivity contribution in [1.82, 2.24) is 4.90 Å². The van der Waals surface area contributed by atoms with Crippen molar-refractivity contribution in [3.05, 3.63) is 0 Å². The number of hydrogen-bond acceptors (Lipinski definition) is 1. The molecular weight excluding hydrogens is 138 g/mol. The molecule has 0 aromatic rings. The van der Waals surface area contributed by atoms with Gasteiger partial charge in [0.15, 0.2) is 0 Å². The molecule has 0 saturated carbocycles. The smallest absolute Gasteiger partial charge is 0.222 e. The third kappa shape index (κ3) is 1.73. The van der Waals surface area contributed by atoms with Crippen molar-refractivity contribution in [2.75, 3.05) is 6.54 Å². The van der Waals surface area contributed by atoms with Crippen molar-refractivity contribution in [3.63, 3.8) is 0 Å². The Labute approximate surface area is 68.6 Å². The highest BCUT2D eigenvalue weighted by molar-refractivity contribution is 5.78. The van der Waals surface area contributed by atoms with Crippen molar-refractivity contribution in [3.8, 4) is 0 Å². The van der Waals surface area contributed by atoms with Crippen LogP contribution in [0.2, 0.25) is 0 Å². The van der Waals surface area contributed by atoms with E-state index in [0.717, 1.165) is 32.2 Å². The van der Waals surface area contributed by atoms with Gasteiger partial charge in [-0.25, -0.2) is 0 Å². The van der Waals surface area contributed by atoms with Crippen LogP contribution in [0.25, 0.3) is 0 Å². The molecule has 0 spiro atoms. The van der Waals surface area contributed by atoms with E-state index in [1.807, 2.05) is 4.90 Å². The van der Waals surface area contributed by atoms with Crippen LogP contribution in [0, 0.1) is 0 Å². The number of likely N-dealkylation sites (tertiary alicyclic amines) is 1. The molecule has 2 heteroatoms. The van der Waals surface area contributed by atoms with E-state index in [-0.39, 0.29) is 0 Å². The van der Waals surface area contributed by atoms with Crippen LogP contribution in [0.3, 0.4) is 0 Å². The zero-order valence-electron chi connectivity index (χ0n) is 7.47. The molecule has 64 valence electrons. The van der Waals surface area contributed by atoms with Gasteiger partial charge in [-0.1, -0.05) is 13.8 Å².